The SMILES string of the molecule is Cc1cccc(C(=O)NCC(=O)NC2CN(C3CCC4(CC3)OC(=O)Nc3ccccc34)C2)c1. The third kappa shape index (κ3) is 4.50. The van der Waals surface area contributed by atoms with Gasteiger partial charge in [-0.05, 0) is 50.8 Å². The van der Waals surface area contributed by atoms with E-state index in [-0.39, 0.29) is 30.5 Å². The number of anilines is 1. The Bertz CT molecular complexity index is 1100. The first-order valence-corrected chi connectivity index (χ1v) is 11.9. The van der Waals surface area contributed by atoms with Crippen LogP contribution < -0.4 is 16.0 Å². The highest BCUT2D eigenvalue weighted by atomic mass is 16.6. The number of ether oxygens (including phenoxy) is 1. The standard InChI is InChI=1S/C26H30N4O4/c1-17-5-4-6-18(13-17)24(32)27-14-23(31)28-19-15-30(16-19)20-9-11-26(12-10-20)21-7-2-3-8-22(21)29-25(33)34-26/h2-8,13,19-20H,9-12,14-16H2,1H3,(H,27,32)(H,28,31)(H,29,33). The van der Waals surface area contributed by atoms with Gasteiger partial charge in [0.2, 0.25) is 5.91 Å². The third-order valence-electron chi connectivity index (χ3n) is 7.19. The molecule has 1 spiro atoms. The zero-order valence-electron chi connectivity index (χ0n) is 19.3. The van der Waals surface area contributed by atoms with Gasteiger partial charge in [-0.15, -0.1) is 0 Å². The molecule has 2 heterocycles. The second-order valence-corrected chi connectivity index (χ2v) is 9.56. The number of nitrogens with one attached hydrogen (secondary N) is 3. The topological polar surface area (TPSA) is 99.8 Å². The molecule has 0 radical (unpaired) electrons. The van der Waals surface area contributed by atoms with Crippen LogP contribution in [0.4, 0.5) is 10.5 Å². The van der Waals surface area contributed by atoms with Gasteiger partial charge in [-0.2, -0.15) is 0 Å². The fraction of sp³-hybridized carbons (Fsp3) is 0.423. The monoisotopic (exact) mass is 462 g/mol. The highest BCUT2D eigenvalue weighted by molar-refractivity contribution is 5.96. The molecule has 2 aromatic carbocycles. The zero-order valence-corrected chi connectivity index (χ0v) is 19.3. The fourth-order valence-corrected chi connectivity index (χ4v) is 5.39. The normalized spacial score (nSPS) is 24.4. The molecule has 1 saturated carbocycles. The third-order valence-corrected chi connectivity index (χ3v) is 7.19. The number of carbonyl (C=O) groups excluding carboxylic acids is 3. The molecule has 2 aromatic rings. The number of rotatable bonds is 5. The van der Waals surface area contributed by atoms with Gasteiger partial charge in [-0.3, -0.25) is 19.8 Å². The minimum Gasteiger partial charge on any atom is -0.438 e. The summed E-state index contributed by atoms with van der Waals surface area (Å²) in [6, 6.07) is 15.7. The van der Waals surface area contributed by atoms with Crippen LogP contribution in [0.2, 0.25) is 0 Å². The number of hydrogen-bond donors (Lipinski definition) is 3. The fourth-order valence-electron chi connectivity index (χ4n) is 5.39. The van der Waals surface area contributed by atoms with Gasteiger partial charge >= 0.3 is 6.09 Å². The van der Waals surface area contributed by atoms with E-state index in [0.29, 0.717) is 11.6 Å². The summed E-state index contributed by atoms with van der Waals surface area (Å²) in [5, 5.41) is 8.50. The number of nitrogens with zero attached hydrogens (tertiary/aromatic N) is 1. The van der Waals surface area contributed by atoms with Gasteiger partial charge in [-0.1, -0.05) is 35.9 Å². The molecule has 3 N–H and O–H groups in total. The Hall–Kier alpha value is -3.39. The molecule has 1 saturated heterocycles. The van der Waals surface area contributed by atoms with Crippen molar-refractivity contribution in [3.05, 3.63) is 65.2 Å². The van der Waals surface area contributed by atoms with E-state index in [0.717, 1.165) is 55.6 Å². The largest absolute Gasteiger partial charge is 0.438 e. The Morgan fingerprint density at radius 3 is 2.65 bits per heavy atom. The van der Waals surface area contributed by atoms with Crippen LogP contribution in [0, 0.1) is 6.92 Å². The van der Waals surface area contributed by atoms with Crippen molar-refractivity contribution in [2.45, 2.75) is 50.3 Å². The molecule has 3 aliphatic rings. The first kappa shape index (κ1) is 22.4. The molecule has 0 unspecified atom stereocenters. The van der Waals surface area contributed by atoms with Gasteiger partial charge in [0.15, 0.2) is 0 Å². The van der Waals surface area contributed by atoms with Crippen molar-refractivity contribution >= 4 is 23.6 Å². The molecular weight excluding hydrogens is 432 g/mol. The second-order valence-electron chi connectivity index (χ2n) is 9.56. The number of para-hydroxylation sites is 1. The lowest BCUT2D eigenvalue weighted by Gasteiger charge is -2.49. The van der Waals surface area contributed by atoms with Crippen molar-refractivity contribution in [1.29, 1.82) is 0 Å². The Morgan fingerprint density at radius 2 is 1.88 bits per heavy atom. The zero-order chi connectivity index (χ0) is 23.7. The summed E-state index contributed by atoms with van der Waals surface area (Å²) in [5.74, 6) is -0.420. The average molecular weight is 463 g/mol. The lowest BCUT2D eigenvalue weighted by molar-refractivity contribution is -0.122. The maximum atomic E-state index is 12.3. The predicted octanol–water partition coefficient (Wildman–Crippen LogP) is 2.93. The van der Waals surface area contributed by atoms with E-state index in [1.54, 1.807) is 12.1 Å². The lowest BCUT2D eigenvalue weighted by Crippen LogP contribution is -2.63. The van der Waals surface area contributed by atoms with E-state index >= 15 is 0 Å². The molecule has 0 bridgehead atoms. The van der Waals surface area contributed by atoms with E-state index in [4.69, 9.17) is 4.74 Å². The molecule has 8 nitrogen and oxygen atoms in total. The van der Waals surface area contributed by atoms with Crippen LogP contribution >= 0.6 is 0 Å². The van der Waals surface area contributed by atoms with Crippen LogP contribution in [0.15, 0.2) is 48.5 Å². The summed E-state index contributed by atoms with van der Waals surface area (Å²) in [4.78, 5) is 39.0. The first-order valence-electron chi connectivity index (χ1n) is 11.9. The Morgan fingerprint density at radius 1 is 1.12 bits per heavy atom. The summed E-state index contributed by atoms with van der Waals surface area (Å²) in [5.41, 5.74) is 2.93. The van der Waals surface area contributed by atoms with E-state index < -0.39 is 5.60 Å². The number of benzene rings is 2. The summed E-state index contributed by atoms with van der Waals surface area (Å²) < 4.78 is 5.82. The van der Waals surface area contributed by atoms with Crippen LogP contribution in [0.5, 0.6) is 0 Å². The quantitative estimate of drug-likeness (QED) is 0.635. The Labute approximate surface area is 199 Å². The molecule has 3 amide bonds. The summed E-state index contributed by atoms with van der Waals surface area (Å²) in [6.45, 7) is 3.49. The first-order chi connectivity index (χ1) is 16.4. The molecule has 5 rings (SSSR count). The minimum atomic E-state index is -0.538. The molecule has 1 aliphatic carbocycles. The van der Waals surface area contributed by atoms with Crippen molar-refractivity contribution in [3.63, 3.8) is 0 Å². The number of aryl methyl sites for hydroxylation is 1. The number of carbonyl (C=O) groups is 3. The van der Waals surface area contributed by atoms with Crippen LogP contribution in [-0.4, -0.2) is 54.5 Å². The average Bonchev–Trinajstić information content (AvgIpc) is 2.80. The number of hydrogen-bond acceptors (Lipinski definition) is 5. The smallest absolute Gasteiger partial charge is 0.412 e. The van der Waals surface area contributed by atoms with Crippen LogP contribution in [0.25, 0.3) is 0 Å². The van der Waals surface area contributed by atoms with Crippen molar-refractivity contribution < 1.29 is 19.1 Å². The maximum absolute atomic E-state index is 12.3. The summed E-state index contributed by atoms with van der Waals surface area (Å²) in [7, 11) is 0. The summed E-state index contributed by atoms with van der Waals surface area (Å²) >= 11 is 0. The number of likely N-dealkylation sites (tertiary alicyclic amines) is 1. The molecule has 2 aliphatic heterocycles. The second kappa shape index (κ2) is 9.10. The van der Waals surface area contributed by atoms with Gasteiger partial charge in [0.25, 0.3) is 5.91 Å². The van der Waals surface area contributed by atoms with Crippen LogP contribution in [-0.2, 0) is 15.1 Å². The highest BCUT2D eigenvalue weighted by Crippen LogP contribution is 2.47. The van der Waals surface area contributed by atoms with Crippen molar-refractivity contribution in [3.8, 4) is 0 Å². The van der Waals surface area contributed by atoms with E-state index in [1.807, 2.05) is 43.3 Å². The summed E-state index contributed by atoms with van der Waals surface area (Å²) in [6.07, 6.45) is 3.09. The van der Waals surface area contributed by atoms with Crippen molar-refractivity contribution in [2.24, 2.45) is 0 Å². The van der Waals surface area contributed by atoms with Gasteiger partial charge in [0.05, 0.1) is 18.3 Å². The molecular formula is C26H30N4O4. The van der Waals surface area contributed by atoms with E-state index in [2.05, 4.69) is 20.9 Å². The van der Waals surface area contributed by atoms with Gasteiger partial charge < -0.3 is 15.4 Å². The molecule has 0 aromatic heterocycles. The van der Waals surface area contributed by atoms with E-state index in [9.17, 15) is 14.4 Å². The predicted molar refractivity (Wildman–Crippen MR) is 127 cm³/mol. The Kier molecular flexibility index (Phi) is 6.00. The Balaban J connectivity index is 1.07. The molecule has 8 heteroatoms. The molecule has 0 atom stereocenters. The van der Waals surface area contributed by atoms with Gasteiger partial charge in [0.1, 0.15) is 5.60 Å². The van der Waals surface area contributed by atoms with Crippen molar-refractivity contribution in [1.82, 2.24) is 15.5 Å². The molecule has 34 heavy (non-hydrogen) atoms. The molecule has 2 fully saturated rings. The van der Waals surface area contributed by atoms with E-state index in [1.165, 1.54) is 0 Å². The van der Waals surface area contributed by atoms with Gasteiger partial charge in [0, 0.05) is 30.3 Å². The van der Waals surface area contributed by atoms with Crippen LogP contribution in [0.3, 0.4) is 0 Å². The maximum Gasteiger partial charge on any atom is 0.412 e. The minimum absolute atomic E-state index is 0.0337. The van der Waals surface area contributed by atoms with Gasteiger partial charge in [-0.25, -0.2) is 4.79 Å². The van der Waals surface area contributed by atoms with Crippen LogP contribution in [0.1, 0.15) is 47.2 Å². The molecule has 178 valence electrons. The highest BCUT2D eigenvalue weighted by Gasteiger charge is 2.46. The number of amides is 3. The lowest BCUT2D eigenvalue weighted by atomic mass is 9.75. The van der Waals surface area contributed by atoms with Crippen molar-refractivity contribution in [2.75, 3.05) is 25.0 Å². The number of fused-ring (bicyclic) bond motifs is 2.